The summed E-state index contributed by atoms with van der Waals surface area (Å²) in [6, 6.07) is 15.0. The van der Waals surface area contributed by atoms with E-state index in [-0.39, 0.29) is 0 Å². The topological polar surface area (TPSA) is 12.0 Å². The van der Waals surface area contributed by atoms with Crippen molar-refractivity contribution in [2.24, 2.45) is 0 Å². The molecule has 2 heteroatoms. The Morgan fingerprint density at radius 2 is 1.58 bits per heavy atom. The maximum absolute atomic E-state index is 5.90. The molecule has 0 spiro atoms. The van der Waals surface area contributed by atoms with Gasteiger partial charge in [-0.1, -0.05) is 53.1 Å². The smallest absolute Gasteiger partial charge is 0.0406 e. The van der Waals surface area contributed by atoms with E-state index in [4.69, 9.17) is 11.6 Å². The van der Waals surface area contributed by atoms with Crippen molar-refractivity contribution in [1.29, 1.82) is 0 Å². The maximum atomic E-state index is 5.90. The van der Waals surface area contributed by atoms with E-state index in [0.717, 1.165) is 11.6 Å². The summed E-state index contributed by atoms with van der Waals surface area (Å²) in [6.45, 7) is 7.33. The minimum Gasteiger partial charge on any atom is -0.306 e. The molecule has 0 radical (unpaired) electrons. The minimum atomic E-state index is 0.318. The Balaban J connectivity index is 1.99. The van der Waals surface area contributed by atoms with Crippen LogP contribution < -0.4 is 5.32 Å². The lowest BCUT2D eigenvalue weighted by molar-refractivity contribution is 0.574. The first-order valence-corrected chi connectivity index (χ1v) is 6.98. The van der Waals surface area contributed by atoms with E-state index in [0.29, 0.717) is 6.04 Å². The third-order valence-electron chi connectivity index (χ3n) is 3.26. The SMILES string of the molecule is Cc1cc(C)cc(CN[C@H](C)c2ccc(Cl)cc2)c1. The van der Waals surface area contributed by atoms with Crippen LogP contribution in [-0.4, -0.2) is 0 Å². The molecule has 2 aromatic rings. The van der Waals surface area contributed by atoms with Crippen molar-refractivity contribution >= 4 is 11.6 Å². The Kier molecular flexibility index (Phi) is 4.62. The molecule has 0 aliphatic rings. The predicted octanol–water partition coefficient (Wildman–Crippen LogP) is 4.81. The lowest BCUT2D eigenvalue weighted by Crippen LogP contribution is -2.18. The summed E-state index contributed by atoms with van der Waals surface area (Å²) in [5.41, 5.74) is 5.22. The first kappa shape index (κ1) is 14.1. The van der Waals surface area contributed by atoms with Gasteiger partial charge in [-0.25, -0.2) is 0 Å². The van der Waals surface area contributed by atoms with Gasteiger partial charge in [0.2, 0.25) is 0 Å². The summed E-state index contributed by atoms with van der Waals surface area (Å²) in [7, 11) is 0. The molecule has 2 rings (SSSR count). The third kappa shape index (κ3) is 4.09. The second-order valence-corrected chi connectivity index (χ2v) is 5.59. The van der Waals surface area contributed by atoms with Gasteiger partial charge >= 0.3 is 0 Å². The van der Waals surface area contributed by atoms with Crippen molar-refractivity contribution in [1.82, 2.24) is 5.32 Å². The average molecular weight is 274 g/mol. The fourth-order valence-corrected chi connectivity index (χ4v) is 2.44. The van der Waals surface area contributed by atoms with Crippen molar-refractivity contribution in [2.75, 3.05) is 0 Å². The average Bonchev–Trinajstić information content (AvgIpc) is 2.36. The van der Waals surface area contributed by atoms with Crippen LogP contribution in [0.15, 0.2) is 42.5 Å². The Morgan fingerprint density at radius 1 is 1.00 bits per heavy atom. The number of rotatable bonds is 4. The Bertz CT molecular complexity index is 525. The van der Waals surface area contributed by atoms with Gasteiger partial charge < -0.3 is 5.32 Å². The second kappa shape index (κ2) is 6.23. The van der Waals surface area contributed by atoms with E-state index in [1.165, 1.54) is 22.3 Å². The highest BCUT2D eigenvalue weighted by Crippen LogP contribution is 2.17. The standard InChI is InChI=1S/C17H20ClN/c1-12-8-13(2)10-15(9-12)11-19-14(3)16-4-6-17(18)7-5-16/h4-10,14,19H,11H2,1-3H3/t14-/m1/s1. The Labute approximate surface area is 120 Å². The molecular weight excluding hydrogens is 254 g/mol. The van der Waals surface area contributed by atoms with E-state index in [1.807, 2.05) is 12.1 Å². The molecule has 0 aromatic heterocycles. The van der Waals surface area contributed by atoms with Crippen molar-refractivity contribution in [3.63, 3.8) is 0 Å². The highest BCUT2D eigenvalue weighted by molar-refractivity contribution is 6.30. The lowest BCUT2D eigenvalue weighted by atomic mass is 10.1. The molecule has 100 valence electrons. The summed E-state index contributed by atoms with van der Waals surface area (Å²) in [5.74, 6) is 0. The van der Waals surface area contributed by atoms with Gasteiger partial charge in [0, 0.05) is 17.6 Å². The highest BCUT2D eigenvalue weighted by Gasteiger charge is 2.05. The molecule has 0 saturated carbocycles. The fraction of sp³-hybridized carbons (Fsp3) is 0.294. The monoisotopic (exact) mass is 273 g/mol. The summed E-state index contributed by atoms with van der Waals surface area (Å²) in [6.07, 6.45) is 0. The van der Waals surface area contributed by atoms with Crippen molar-refractivity contribution in [3.05, 3.63) is 69.7 Å². The molecule has 1 N–H and O–H groups in total. The molecule has 0 aliphatic heterocycles. The molecular formula is C17H20ClN. The molecule has 1 atom stereocenters. The van der Waals surface area contributed by atoms with Gasteiger partial charge in [0.05, 0.1) is 0 Å². The van der Waals surface area contributed by atoms with Crippen LogP contribution in [0.25, 0.3) is 0 Å². The Morgan fingerprint density at radius 3 is 2.16 bits per heavy atom. The number of halogens is 1. The summed E-state index contributed by atoms with van der Waals surface area (Å²) < 4.78 is 0. The summed E-state index contributed by atoms with van der Waals surface area (Å²) in [4.78, 5) is 0. The van der Waals surface area contributed by atoms with E-state index in [9.17, 15) is 0 Å². The van der Waals surface area contributed by atoms with Crippen LogP contribution in [0.5, 0.6) is 0 Å². The van der Waals surface area contributed by atoms with Gasteiger partial charge in [0.1, 0.15) is 0 Å². The Hall–Kier alpha value is -1.31. The number of hydrogen-bond donors (Lipinski definition) is 1. The molecule has 1 nitrogen and oxygen atoms in total. The van der Waals surface area contributed by atoms with Crippen LogP contribution in [0, 0.1) is 13.8 Å². The van der Waals surface area contributed by atoms with E-state index in [2.05, 4.69) is 56.4 Å². The van der Waals surface area contributed by atoms with E-state index >= 15 is 0 Å². The molecule has 0 aliphatic carbocycles. The van der Waals surface area contributed by atoms with Crippen LogP contribution in [0.3, 0.4) is 0 Å². The van der Waals surface area contributed by atoms with Crippen LogP contribution in [0.4, 0.5) is 0 Å². The van der Waals surface area contributed by atoms with Crippen LogP contribution in [0.1, 0.15) is 35.2 Å². The van der Waals surface area contributed by atoms with Gasteiger partial charge in [0.25, 0.3) is 0 Å². The molecule has 19 heavy (non-hydrogen) atoms. The highest BCUT2D eigenvalue weighted by atomic mass is 35.5. The number of nitrogens with one attached hydrogen (secondary N) is 1. The van der Waals surface area contributed by atoms with Crippen molar-refractivity contribution in [3.8, 4) is 0 Å². The quantitative estimate of drug-likeness (QED) is 0.843. The molecule has 0 saturated heterocycles. The van der Waals surface area contributed by atoms with Gasteiger partial charge in [-0.2, -0.15) is 0 Å². The molecule has 0 heterocycles. The van der Waals surface area contributed by atoms with Crippen LogP contribution in [-0.2, 0) is 6.54 Å². The van der Waals surface area contributed by atoms with Gasteiger partial charge in [-0.05, 0) is 44.0 Å². The summed E-state index contributed by atoms with van der Waals surface area (Å²) in [5, 5.41) is 4.33. The molecule has 0 bridgehead atoms. The largest absolute Gasteiger partial charge is 0.306 e. The van der Waals surface area contributed by atoms with Crippen LogP contribution in [0.2, 0.25) is 5.02 Å². The zero-order valence-corrected chi connectivity index (χ0v) is 12.5. The molecule has 0 amide bonds. The molecule has 0 fully saturated rings. The van der Waals surface area contributed by atoms with Crippen LogP contribution >= 0.6 is 11.6 Å². The lowest BCUT2D eigenvalue weighted by Gasteiger charge is -2.15. The zero-order valence-electron chi connectivity index (χ0n) is 11.7. The maximum Gasteiger partial charge on any atom is 0.0406 e. The van der Waals surface area contributed by atoms with Crippen molar-refractivity contribution in [2.45, 2.75) is 33.4 Å². The normalized spacial score (nSPS) is 12.4. The van der Waals surface area contributed by atoms with Gasteiger partial charge in [0.15, 0.2) is 0 Å². The first-order chi connectivity index (χ1) is 9.04. The van der Waals surface area contributed by atoms with E-state index in [1.54, 1.807) is 0 Å². The second-order valence-electron chi connectivity index (χ2n) is 5.15. The molecule has 2 aromatic carbocycles. The first-order valence-electron chi connectivity index (χ1n) is 6.60. The predicted molar refractivity (Wildman–Crippen MR) is 82.6 cm³/mol. The van der Waals surface area contributed by atoms with Gasteiger partial charge in [-0.3, -0.25) is 0 Å². The fourth-order valence-electron chi connectivity index (χ4n) is 2.31. The van der Waals surface area contributed by atoms with E-state index < -0.39 is 0 Å². The van der Waals surface area contributed by atoms with Crippen molar-refractivity contribution < 1.29 is 0 Å². The third-order valence-corrected chi connectivity index (χ3v) is 3.52. The minimum absolute atomic E-state index is 0.318. The van der Waals surface area contributed by atoms with Gasteiger partial charge in [-0.15, -0.1) is 0 Å². The zero-order chi connectivity index (χ0) is 13.8. The summed E-state index contributed by atoms with van der Waals surface area (Å²) >= 11 is 5.90. The molecule has 0 unspecified atom stereocenters. The number of benzene rings is 2. The number of hydrogen-bond acceptors (Lipinski definition) is 1. The number of aryl methyl sites for hydroxylation is 2.